The molecule has 0 radical (unpaired) electrons. The third-order valence-corrected chi connectivity index (χ3v) is 3.33. The molecule has 1 aliphatic rings. The van der Waals surface area contributed by atoms with Gasteiger partial charge in [-0.1, -0.05) is 26.7 Å². The average Bonchev–Trinajstić information content (AvgIpc) is 2.27. The summed E-state index contributed by atoms with van der Waals surface area (Å²) in [7, 11) is 0. The Kier molecular flexibility index (Phi) is 5.69. The van der Waals surface area contributed by atoms with Gasteiger partial charge in [-0.05, 0) is 31.8 Å². The molecule has 1 heterocycles. The highest BCUT2D eigenvalue weighted by atomic mass is 16.1. The van der Waals surface area contributed by atoms with Gasteiger partial charge < -0.3 is 10.6 Å². The Labute approximate surface area is 93.0 Å². The van der Waals surface area contributed by atoms with Crippen LogP contribution in [0.25, 0.3) is 0 Å². The molecule has 0 bridgehead atoms. The van der Waals surface area contributed by atoms with E-state index in [1.807, 2.05) is 0 Å². The monoisotopic (exact) mass is 212 g/mol. The SMILES string of the molecule is CCC(CC)CC(=O)NC1CCNCC1. The van der Waals surface area contributed by atoms with Crippen LogP contribution in [0.4, 0.5) is 0 Å². The zero-order valence-corrected chi connectivity index (χ0v) is 10.0. The smallest absolute Gasteiger partial charge is 0.220 e. The van der Waals surface area contributed by atoms with Gasteiger partial charge in [-0.2, -0.15) is 0 Å². The van der Waals surface area contributed by atoms with E-state index in [9.17, 15) is 4.79 Å². The molecular formula is C12H24N2O. The number of hydrogen-bond acceptors (Lipinski definition) is 2. The summed E-state index contributed by atoms with van der Waals surface area (Å²) in [6, 6.07) is 0.410. The van der Waals surface area contributed by atoms with Gasteiger partial charge in [-0.3, -0.25) is 4.79 Å². The second kappa shape index (κ2) is 6.83. The number of nitrogens with one attached hydrogen (secondary N) is 2. The van der Waals surface area contributed by atoms with Crippen molar-refractivity contribution in [1.29, 1.82) is 0 Å². The highest BCUT2D eigenvalue weighted by molar-refractivity contribution is 5.76. The Bertz CT molecular complexity index is 184. The number of carbonyl (C=O) groups is 1. The van der Waals surface area contributed by atoms with Crippen LogP contribution in [-0.4, -0.2) is 25.0 Å². The Balaban J connectivity index is 2.21. The predicted octanol–water partition coefficient (Wildman–Crippen LogP) is 1.68. The van der Waals surface area contributed by atoms with Crippen molar-refractivity contribution in [3.8, 4) is 0 Å². The van der Waals surface area contributed by atoms with Crippen molar-refractivity contribution in [2.24, 2.45) is 5.92 Å². The van der Waals surface area contributed by atoms with E-state index in [0.29, 0.717) is 18.4 Å². The van der Waals surface area contributed by atoms with Crippen molar-refractivity contribution < 1.29 is 4.79 Å². The van der Waals surface area contributed by atoms with Crippen LogP contribution in [0.2, 0.25) is 0 Å². The minimum absolute atomic E-state index is 0.246. The second-order valence-corrected chi connectivity index (χ2v) is 4.48. The number of hydrogen-bond donors (Lipinski definition) is 2. The quantitative estimate of drug-likeness (QED) is 0.728. The third kappa shape index (κ3) is 4.65. The molecule has 2 N–H and O–H groups in total. The number of piperidine rings is 1. The normalized spacial score (nSPS) is 18.1. The number of amides is 1. The molecule has 0 saturated carbocycles. The lowest BCUT2D eigenvalue weighted by Gasteiger charge is -2.24. The van der Waals surface area contributed by atoms with Crippen molar-refractivity contribution in [2.45, 2.75) is 52.0 Å². The van der Waals surface area contributed by atoms with Gasteiger partial charge in [0, 0.05) is 12.5 Å². The van der Waals surface area contributed by atoms with Crippen LogP contribution in [0.15, 0.2) is 0 Å². The first-order chi connectivity index (χ1) is 7.26. The zero-order chi connectivity index (χ0) is 11.1. The van der Waals surface area contributed by atoms with E-state index in [1.54, 1.807) is 0 Å². The lowest BCUT2D eigenvalue weighted by molar-refractivity contribution is -0.122. The van der Waals surface area contributed by atoms with Crippen LogP contribution >= 0.6 is 0 Å². The molecule has 0 aromatic heterocycles. The van der Waals surface area contributed by atoms with Crippen molar-refractivity contribution in [2.75, 3.05) is 13.1 Å². The van der Waals surface area contributed by atoms with E-state index in [2.05, 4.69) is 24.5 Å². The number of carbonyl (C=O) groups excluding carboxylic acids is 1. The first-order valence-corrected chi connectivity index (χ1v) is 6.26. The van der Waals surface area contributed by atoms with Crippen molar-refractivity contribution in [3.63, 3.8) is 0 Å². The summed E-state index contributed by atoms with van der Waals surface area (Å²) in [5.41, 5.74) is 0. The maximum absolute atomic E-state index is 11.7. The molecule has 0 atom stereocenters. The Morgan fingerprint density at radius 1 is 1.33 bits per heavy atom. The minimum Gasteiger partial charge on any atom is -0.353 e. The largest absolute Gasteiger partial charge is 0.353 e. The zero-order valence-electron chi connectivity index (χ0n) is 10.0. The van der Waals surface area contributed by atoms with Crippen LogP contribution in [0, 0.1) is 5.92 Å². The van der Waals surface area contributed by atoms with Gasteiger partial charge in [0.15, 0.2) is 0 Å². The summed E-state index contributed by atoms with van der Waals surface area (Å²) in [6.07, 6.45) is 5.08. The van der Waals surface area contributed by atoms with Gasteiger partial charge in [0.05, 0.1) is 0 Å². The molecule has 3 heteroatoms. The molecule has 1 saturated heterocycles. The van der Waals surface area contributed by atoms with E-state index in [-0.39, 0.29) is 5.91 Å². The fourth-order valence-corrected chi connectivity index (χ4v) is 2.09. The van der Waals surface area contributed by atoms with Crippen LogP contribution in [0.5, 0.6) is 0 Å². The summed E-state index contributed by atoms with van der Waals surface area (Å²) in [5, 5.41) is 6.44. The highest BCUT2D eigenvalue weighted by Crippen LogP contribution is 2.12. The van der Waals surface area contributed by atoms with Crippen molar-refractivity contribution >= 4 is 5.91 Å². The van der Waals surface area contributed by atoms with E-state index < -0.39 is 0 Å². The minimum atomic E-state index is 0.246. The van der Waals surface area contributed by atoms with Gasteiger partial charge >= 0.3 is 0 Å². The molecule has 88 valence electrons. The van der Waals surface area contributed by atoms with E-state index in [4.69, 9.17) is 0 Å². The third-order valence-electron chi connectivity index (χ3n) is 3.33. The maximum Gasteiger partial charge on any atom is 0.220 e. The molecule has 3 nitrogen and oxygen atoms in total. The van der Waals surface area contributed by atoms with Crippen LogP contribution in [0.1, 0.15) is 46.0 Å². The molecule has 0 aromatic rings. The fraction of sp³-hybridized carbons (Fsp3) is 0.917. The topological polar surface area (TPSA) is 41.1 Å². The van der Waals surface area contributed by atoms with Crippen LogP contribution in [0.3, 0.4) is 0 Å². The molecule has 0 aliphatic carbocycles. The molecule has 1 aliphatic heterocycles. The Morgan fingerprint density at radius 3 is 2.47 bits per heavy atom. The molecular weight excluding hydrogens is 188 g/mol. The first-order valence-electron chi connectivity index (χ1n) is 6.26. The Morgan fingerprint density at radius 2 is 1.93 bits per heavy atom. The molecule has 1 amide bonds. The van der Waals surface area contributed by atoms with E-state index in [1.165, 1.54) is 0 Å². The van der Waals surface area contributed by atoms with Gasteiger partial charge in [0.2, 0.25) is 5.91 Å². The maximum atomic E-state index is 11.7. The van der Waals surface area contributed by atoms with Gasteiger partial charge in [0.1, 0.15) is 0 Å². The van der Waals surface area contributed by atoms with E-state index in [0.717, 1.165) is 38.8 Å². The van der Waals surface area contributed by atoms with E-state index >= 15 is 0 Å². The molecule has 0 aromatic carbocycles. The van der Waals surface area contributed by atoms with Crippen LogP contribution in [-0.2, 0) is 4.79 Å². The first kappa shape index (κ1) is 12.5. The van der Waals surface area contributed by atoms with Gasteiger partial charge in [0.25, 0.3) is 0 Å². The average molecular weight is 212 g/mol. The molecule has 1 fully saturated rings. The van der Waals surface area contributed by atoms with Crippen LogP contribution < -0.4 is 10.6 Å². The Hall–Kier alpha value is -0.570. The standard InChI is InChI=1S/C12H24N2O/c1-3-10(4-2)9-12(15)14-11-5-7-13-8-6-11/h10-11,13H,3-9H2,1-2H3,(H,14,15). The summed E-state index contributed by atoms with van der Waals surface area (Å²) in [4.78, 5) is 11.7. The second-order valence-electron chi connectivity index (χ2n) is 4.48. The summed E-state index contributed by atoms with van der Waals surface area (Å²) < 4.78 is 0. The predicted molar refractivity (Wildman–Crippen MR) is 62.7 cm³/mol. The summed E-state index contributed by atoms with van der Waals surface area (Å²) >= 11 is 0. The summed E-state index contributed by atoms with van der Waals surface area (Å²) in [5.74, 6) is 0.808. The van der Waals surface area contributed by atoms with Gasteiger partial charge in [-0.15, -0.1) is 0 Å². The highest BCUT2D eigenvalue weighted by Gasteiger charge is 2.16. The van der Waals surface area contributed by atoms with Gasteiger partial charge in [-0.25, -0.2) is 0 Å². The lowest BCUT2D eigenvalue weighted by atomic mass is 9.98. The molecule has 1 rings (SSSR count). The van der Waals surface area contributed by atoms with Crippen molar-refractivity contribution in [1.82, 2.24) is 10.6 Å². The summed E-state index contributed by atoms with van der Waals surface area (Å²) in [6.45, 7) is 6.39. The fourth-order valence-electron chi connectivity index (χ4n) is 2.09. The number of rotatable bonds is 5. The van der Waals surface area contributed by atoms with Crippen molar-refractivity contribution in [3.05, 3.63) is 0 Å². The lowest BCUT2D eigenvalue weighted by Crippen LogP contribution is -2.43. The molecule has 0 unspecified atom stereocenters. The molecule has 0 spiro atoms. The molecule has 15 heavy (non-hydrogen) atoms.